The number of rotatable bonds is 5. The molecule has 6 nitrogen and oxygen atoms in total. The van der Waals surface area contributed by atoms with Crippen molar-refractivity contribution in [2.45, 2.75) is 6.92 Å². The van der Waals surface area contributed by atoms with Gasteiger partial charge >= 0.3 is 0 Å². The zero-order valence-corrected chi connectivity index (χ0v) is 13.2. The van der Waals surface area contributed by atoms with Crippen LogP contribution in [0.1, 0.15) is 12.5 Å². The number of nitrogens with zero attached hydrogens (tertiary/aromatic N) is 5. The Kier molecular flexibility index (Phi) is 4.63. The van der Waals surface area contributed by atoms with E-state index in [-0.39, 0.29) is 0 Å². The first-order valence-corrected chi connectivity index (χ1v) is 7.59. The van der Waals surface area contributed by atoms with Gasteiger partial charge in [0.15, 0.2) is 5.82 Å². The first-order valence-electron chi connectivity index (χ1n) is 7.59. The SMILES string of the molecule is CCN(c1ccccc1)c1nncc(Nc2ccc(C#N)cc2)n1. The maximum atomic E-state index is 8.84. The van der Waals surface area contributed by atoms with Gasteiger partial charge < -0.3 is 10.2 Å². The summed E-state index contributed by atoms with van der Waals surface area (Å²) in [6.07, 6.45) is 1.57. The summed E-state index contributed by atoms with van der Waals surface area (Å²) in [6, 6.07) is 19.2. The Morgan fingerprint density at radius 3 is 2.50 bits per heavy atom. The van der Waals surface area contributed by atoms with E-state index in [1.54, 1.807) is 18.3 Å². The van der Waals surface area contributed by atoms with Gasteiger partial charge in [-0.2, -0.15) is 15.3 Å². The van der Waals surface area contributed by atoms with Crippen molar-refractivity contribution in [2.75, 3.05) is 16.8 Å². The molecular weight excluding hydrogens is 300 g/mol. The van der Waals surface area contributed by atoms with E-state index in [0.29, 0.717) is 17.3 Å². The Morgan fingerprint density at radius 2 is 1.83 bits per heavy atom. The van der Waals surface area contributed by atoms with E-state index in [0.717, 1.165) is 17.9 Å². The van der Waals surface area contributed by atoms with E-state index in [4.69, 9.17) is 5.26 Å². The molecule has 24 heavy (non-hydrogen) atoms. The van der Waals surface area contributed by atoms with Crippen molar-refractivity contribution in [1.82, 2.24) is 15.2 Å². The van der Waals surface area contributed by atoms with Gasteiger partial charge in [-0.05, 0) is 43.3 Å². The fourth-order valence-corrected chi connectivity index (χ4v) is 2.29. The molecule has 0 fully saturated rings. The predicted molar refractivity (Wildman–Crippen MR) is 93.4 cm³/mol. The highest BCUT2D eigenvalue weighted by Crippen LogP contribution is 2.22. The average molecular weight is 316 g/mol. The minimum atomic E-state index is 0.530. The summed E-state index contributed by atoms with van der Waals surface area (Å²) in [5.41, 5.74) is 2.46. The van der Waals surface area contributed by atoms with Crippen molar-refractivity contribution >= 4 is 23.1 Å². The second kappa shape index (κ2) is 7.20. The number of hydrogen-bond acceptors (Lipinski definition) is 6. The summed E-state index contributed by atoms with van der Waals surface area (Å²) >= 11 is 0. The monoisotopic (exact) mass is 316 g/mol. The molecule has 118 valence electrons. The smallest absolute Gasteiger partial charge is 0.251 e. The van der Waals surface area contributed by atoms with Crippen molar-refractivity contribution in [2.24, 2.45) is 0 Å². The first-order chi connectivity index (χ1) is 11.8. The molecule has 0 saturated carbocycles. The van der Waals surface area contributed by atoms with Crippen molar-refractivity contribution in [3.8, 4) is 6.07 Å². The largest absolute Gasteiger partial charge is 0.339 e. The summed E-state index contributed by atoms with van der Waals surface area (Å²) in [7, 11) is 0. The van der Waals surface area contributed by atoms with Crippen LogP contribution in [0.2, 0.25) is 0 Å². The van der Waals surface area contributed by atoms with Crippen molar-refractivity contribution in [3.63, 3.8) is 0 Å². The molecular formula is C18H16N6. The van der Waals surface area contributed by atoms with Gasteiger partial charge in [0.1, 0.15) is 0 Å². The van der Waals surface area contributed by atoms with Gasteiger partial charge in [0.05, 0.1) is 17.8 Å². The lowest BCUT2D eigenvalue weighted by Crippen LogP contribution is -2.19. The molecule has 0 radical (unpaired) electrons. The second-order valence-corrected chi connectivity index (χ2v) is 5.04. The number of para-hydroxylation sites is 1. The minimum absolute atomic E-state index is 0.530. The number of nitrogens with one attached hydrogen (secondary N) is 1. The maximum Gasteiger partial charge on any atom is 0.251 e. The Morgan fingerprint density at radius 1 is 1.08 bits per heavy atom. The van der Waals surface area contributed by atoms with Gasteiger partial charge in [0.2, 0.25) is 0 Å². The summed E-state index contributed by atoms with van der Waals surface area (Å²) in [5.74, 6) is 1.13. The molecule has 1 heterocycles. The van der Waals surface area contributed by atoms with E-state index in [9.17, 15) is 0 Å². The van der Waals surface area contributed by atoms with Crippen LogP contribution in [-0.2, 0) is 0 Å². The average Bonchev–Trinajstić information content (AvgIpc) is 2.64. The molecule has 0 spiro atoms. The third-order valence-corrected chi connectivity index (χ3v) is 3.46. The number of benzene rings is 2. The zero-order valence-electron chi connectivity index (χ0n) is 13.2. The van der Waals surface area contributed by atoms with Gasteiger partial charge in [-0.25, -0.2) is 0 Å². The third-order valence-electron chi connectivity index (χ3n) is 3.46. The number of hydrogen-bond donors (Lipinski definition) is 1. The van der Waals surface area contributed by atoms with Gasteiger partial charge in [-0.3, -0.25) is 0 Å². The molecule has 0 aliphatic carbocycles. The van der Waals surface area contributed by atoms with E-state index in [1.165, 1.54) is 0 Å². The van der Waals surface area contributed by atoms with Crippen molar-refractivity contribution in [1.29, 1.82) is 5.26 Å². The van der Waals surface area contributed by atoms with Crippen LogP contribution in [0.3, 0.4) is 0 Å². The van der Waals surface area contributed by atoms with Crippen LogP contribution < -0.4 is 10.2 Å². The van der Waals surface area contributed by atoms with Gasteiger partial charge in [0, 0.05) is 17.9 Å². The zero-order chi connectivity index (χ0) is 16.8. The third kappa shape index (κ3) is 3.47. The Hall–Kier alpha value is -3.46. The topological polar surface area (TPSA) is 77.7 Å². The fourth-order valence-electron chi connectivity index (χ4n) is 2.29. The summed E-state index contributed by atoms with van der Waals surface area (Å²) < 4.78 is 0. The van der Waals surface area contributed by atoms with Crippen LogP contribution in [0.25, 0.3) is 0 Å². The first kappa shape index (κ1) is 15.4. The summed E-state index contributed by atoms with van der Waals surface area (Å²) in [4.78, 5) is 6.52. The highest BCUT2D eigenvalue weighted by Gasteiger charge is 2.11. The molecule has 1 aromatic heterocycles. The lowest BCUT2D eigenvalue weighted by atomic mass is 10.2. The van der Waals surface area contributed by atoms with E-state index < -0.39 is 0 Å². The van der Waals surface area contributed by atoms with Crippen LogP contribution >= 0.6 is 0 Å². The normalized spacial score (nSPS) is 10.0. The highest BCUT2D eigenvalue weighted by atomic mass is 15.3. The van der Waals surface area contributed by atoms with Gasteiger partial charge in [-0.1, -0.05) is 18.2 Å². The summed E-state index contributed by atoms with van der Waals surface area (Å²) in [6.45, 7) is 2.77. The van der Waals surface area contributed by atoms with Crippen molar-refractivity contribution in [3.05, 3.63) is 66.4 Å². The Balaban J connectivity index is 1.84. The number of anilines is 4. The quantitative estimate of drug-likeness (QED) is 0.774. The molecule has 0 aliphatic heterocycles. The minimum Gasteiger partial charge on any atom is -0.339 e. The molecule has 1 N–H and O–H groups in total. The van der Waals surface area contributed by atoms with Gasteiger partial charge in [0.25, 0.3) is 5.95 Å². The molecule has 0 saturated heterocycles. The van der Waals surface area contributed by atoms with Crippen LogP contribution in [0.15, 0.2) is 60.8 Å². The molecule has 0 amide bonds. The summed E-state index contributed by atoms with van der Waals surface area (Å²) in [5, 5.41) is 20.2. The fraction of sp³-hybridized carbons (Fsp3) is 0.111. The molecule has 0 unspecified atom stereocenters. The number of nitriles is 1. The highest BCUT2D eigenvalue weighted by molar-refractivity contribution is 5.60. The second-order valence-electron chi connectivity index (χ2n) is 5.04. The van der Waals surface area contributed by atoms with E-state index in [2.05, 4.69) is 26.6 Å². The van der Waals surface area contributed by atoms with Gasteiger partial charge in [-0.15, -0.1) is 5.10 Å². The molecule has 0 aliphatic rings. The standard InChI is InChI=1S/C18H16N6/c1-2-24(16-6-4-3-5-7-16)18-22-17(13-20-23-18)21-15-10-8-14(12-19)9-11-15/h3-11,13H,2H2,1H3,(H,21,22,23). The van der Waals surface area contributed by atoms with Crippen LogP contribution in [-0.4, -0.2) is 21.7 Å². The molecule has 3 rings (SSSR count). The molecule has 6 heteroatoms. The lowest BCUT2D eigenvalue weighted by molar-refractivity contribution is 0.887. The Bertz CT molecular complexity index is 839. The molecule has 0 bridgehead atoms. The molecule has 0 atom stereocenters. The molecule has 2 aromatic carbocycles. The van der Waals surface area contributed by atoms with Crippen LogP contribution in [0.5, 0.6) is 0 Å². The van der Waals surface area contributed by atoms with E-state index >= 15 is 0 Å². The van der Waals surface area contributed by atoms with Crippen LogP contribution in [0, 0.1) is 11.3 Å². The maximum absolute atomic E-state index is 8.84. The predicted octanol–water partition coefficient (Wildman–Crippen LogP) is 3.64. The number of aromatic nitrogens is 3. The van der Waals surface area contributed by atoms with Crippen LogP contribution in [0.4, 0.5) is 23.1 Å². The van der Waals surface area contributed by atoms with E-state index in [1.807, 2.05) is 54.3 Å². The van der Waals surface area contributed by atoms with Crippen molar-refractivity contribution < 1.29 is 0 Å². The Labute approximate surface area is 140 Å². The molecule has 3 aromatic rings. The lowest BCUT2D eigenvalue weighted by Gasteiger charge is -2.20.